The van der Waals surface area contributed by atoms with E-state index in [2.05, 4.69) is 25.7 Å². The van der Waals surface area contributed by atoms with Crippen LogP contribution in [0.5, 0.6) is 0 Å². The van der Waals surface area contributed by atoms with Gasteiger partial charge in [-0.25, -0.2) is 0 Å². The molecule has 1 fully saturated rings. The van der Waals surface area contributed by atoms with Gasteiger partial charge in [0.1, 0.15) is 0 Å². The molecule has 1 aliphatic rings. The molecule has 0 spiro atoms. The molecule has 0 N–H and O–H groups in total. The van der Waals surface area contributed by atoms with E-state index in [0.717, 1.165) is 19.6 Å². The minimum Gasteiger partial charge on any atom is -0.383 e. The Kier molecular flexibility index (Phi) is 6.61. The van der Waals surface area contributed by atoms with Crippen LogP contribution in [0.4, 0.5) is 0 Å². The second kappa shape index (κ2) is 7.46. The molecule has 2 atom stereocenters. The van der Waals surface area contributed by atoms with Crippen LogP contribution < -0.4 is 0 Å². The van der Waals surface area contributed by atoms with Crippen molar-refractivity contribution in [2.75, 3.05) is 27.4 Å². The lowest BCUT2D eigenvalue weighted by molar-refractivity contribution is -0.0932. The molecule has 0 saturated carbocycles. The van der Waals surface area contributed by atoms with Crippen LogP contribution in [0.3, 0.4) is 0 Å². The second-order valence-electron chi connectivity index (χ2n) is 5.88. The summed E-state index contributed by atoms with van der Waals surface area (Å²) in [5, 5.41) is 0. The lowest BCUT2D eigenvalue weighted by Crippen LogP contribution is -2.62. The second-order valence-corrected chi connectivity index (χ2v) is 5.88. The topological polar surface area (TPSA) is 21.7 Å². The van der Waals surface area contributed by atoms with Crippen molar-refractivity contribution in [2.45, 2.75) is 70.5 Å². The van der Waals surface area contributed by atoms with Gasteiger partial charge in [-0.2, -0.15) is 0 Å². The molecule has 1 rings (SSSR count). The van der Waals surface area contributed by atoms with Gasteiger partial charge in [0.05, 0.1) is 18.8 Å². The van der Waals surface area contributed by atoms with Crippen molar-refractivity contribution >= 4 is 0 Å². The summed E-state index contributed by atoms with van der Waals surface area (Å²) in [6.07, 6.45) is 6.25. The zero-order valence-corrected chi connectivity index (χ0v) is 12.9. The van der Waals surface area contributed by atoms with Gasteiger partial charge in [-0.1, -0.05) is 19.8 Å². The van der Waals surface area contributed by atoms with Crippen LogP contribution in [0.1, 0.15) is 52.9 Å². The average molecular weight is 257 g/mol. The monoisotopic (exact) mass is 257 g/mol. The first kappa shape index (κ1) is 15.9. The van der Waals surface area contributed by atoms with Crippen molar-refractivity contribution < 1.29 is 9.47 Å². The highest BCUT2D eigenvalue weighted by Gasteiger charge is 2.42. The van der Waals surface area contributed by atoms with Gasteiger partial charge in [0.2, 0.25) is 0 Å². The van der Waals surface area contributed by atoms with Crippen molar-refractivity contribution in [2.24, 2.45) is 0 Å². The summed E-state index contributed by atoms with van der Waals surface area (Å²) >= 11 is 0. The highest BCUT2D eigenvalue weighted by Crippen LogP contribution is 2.34. The molecule has 3 heteroatoms. The lowest BCUT2D eigenvalue weighted by Gasteiger charge is -2.52. The van der Waals surface area contributed by atoms with Crippen molar-refractivity contribution in [3.05, 3.63) is 0 Å². The Morgan fingerprint density at radius 3 is 1.94 bits per heavy atom. The SMILES string of the molecule is CCCC(COC)(COC)N1C(C)CCCC1C. The zero-order valence-electron chi connectivity index (χ0n) is 12.9. The van der Waals surface area contributed by atoms with E-state index in [1.165, 1.54) is 25.7 Å². The zero-order chi connectivity index (χ0) is 13.6. The summed E-state index contributed by atoms with van der Waals surface area (Å²) in [5.74, 6) is 0. The highest BCUT2D eigenvalue weighted by molar-refractivity contribution is 4.97. The van der Waals surface area contributed by atoms with E-state index in [4.69, 9.17) is 9.47 Å². The predicted molar refractivity (Wildman–Crippen MR) is 76.0 cm³/mol. The summed E-state index contributed by atoms with van der Waals surface area (Å²) in [4.78, 5) is 2.67. The van der Waals surface area contributed by atoms with E-state index in [1.807, 2.05) is 0 Å². The number of nitrogens with zero attached hydrogens (tertiary/aromatic N) is 1. The maximum Gasteiger partial charge on any atom is 0.0682 e. The fraction of sp³-hybridized carbons (Fsp3) is 1.00. The van der Waals surface area contributed by atoms with Gasteiger partial charge in [0, 0.05) is 26.3 Å². The number of hydrogen-bond acceptors (Lipinski definition) is 3. The third kappa shape index (κ3) is 3.46. The molecule has 0 bridgehead atoms. The van der Waals surface area contributed by atoms with Gasteiger partial charge in [-0.3, -0.25) is 4.90 Å². The molecule has 1 heterocycles. The van der Waals surface area contributed by atoms with Gasteiger partial charge in [0.25, 0.3) is 0 Å². The number of piperidine rings is 1. The first-order valence-corrected chi connectivity index (χ1v) is 7.37. The fourth-order valence-corrected chi connectivity index (χ4v) is 3.82. The van der Waals surface area contributed by atoms with E-state index in [0.29, 0.717) is 12.1 Å². The summed E-state index contributed by atoms with van der Waals surface area (Å²) < 4.78 is 11.1. The Morgan fingerprint density at radius 2 is 1.56 bits per heavy atom. The molecule has 0 aromatic rings. The van der Waals surface area contributed by atoms with E-state index in [1.54, 1.807) is 14.2 Å². The maximum absolute atomic E-state index is 5.54. The van der Waals surface area contributed by atoms with Crippen LogP contribution in [-0.4, -0.2) is 50.0 Å². The molecule has 1 aliphatic heterocycles. The molecule has 0 radical (unpaired) electrons. The van der Waals surface area contributed by atoms with Crippen molar-refractivity contribution in [1.29, 1.82) is 0 Å². The molecule has 0 aromatic carbocycles. The first-order valence-electron chi connectivity index (χ1n) is 7.37. The summed E-state index contributed by atoms with van der Waals surface area (Å²) in [5.41, 5.74) is 0.0531. The maximum atomic E-state index is 5.54. The van der Waals surface area contributed by atoms with E-state index in [-0.39, 0.29) is 5.54 Å². The van der Waals surface area contributed by atoms with Gasteiger partial charge in [0.15, 0.2) is 0 Å². The molecule has 1 saturated heterocycles. The number of likely N-dealkylation sites (tertiary alicyclic amines) is 1. The van der Waals surface area contributed by atoms with Crippen molar-refractivity contribution in [3.63, 3.8) is 0 Å². The molecule has 108 valence electrons. The minimum absolute atomic E-state index is 0.0531. The van der Waals surface area contributed by atoms with E-state index in [9.17, 15) is 0 Å². The van der Waals surface area contributed by atoms with Gasteiger partial charge < -0.3 is 9.47 Å². The smallest absolute Gasteiger partial charge is 0.0682 e. The van der Waals surface area contributed by atoms with Crippen LogP contribution >= 0.6 is 0 Å². The minimum atomic E-state index is 0.0531. The Hall–Kier alpha value is -0.120. The van der Waals surface area contributed by atoms with E-state index < -0.39 is 0 Å². The van der Waals surface area contributed by atoms with Gasteiger partial charge in [-0.15, -0.1) is 0 Å². The quantitative estimate of drug-likeness (QED) is 0.699. The van der Waals surface area contributed by atoms with Gasteiger partial charge >= 0.3 is 0 Å². The highest BCUT2D eigenvalue weighted by atomic mass is 16.5. The van der Waals surface area contributed by atoms with Crippen LogP contribution in [0, 0.1) is 0 Å². The molecule has 0 amide bonds. The Balaban J connectivity index is 2.96. The van der Waals surface area contributed by atoms with Crippen molar-refractivity contribution in [3.8, 4) is 0 Å². The Morgan fingerprint density at radius 1 is 1.06 bits per heavy atom. The first-order chi connectivity index (χ1) is 8.61. The summed E-state index contributed by atoms with van der Waals surface area (Å²) in [6, 6.07) is 1.26. The third-order valence-corrected chi connectivity index (χ3v) is 4.28. The largest absolute Gasteiger partial charge is 0.383 e. The van der Waals surface area contributed by atoms with Crippen LogP contribution in [-0.2, 0) is 9.47 Å². The lowest BCUT2D eigenvalue weighted by atomic mass is 9.85. The molecular formula is C15H31NO2. The van der Waals surface area contributed by atoms with Gasteiger partial charge in [-0.05, 0) is 33.1 Å². The molecule has 18 heavy (non-hydrogen) atoms. The van der Waals surface area contributed by atoms with Crippen LogP contribution in [0.25, 0.3) is 0 Å². The number of ether oxygens (including phenoxy) is 2. The summed E-state index contributed by atoms with van der Waals surface area (Å²) in [7, 11) is 3.61. The molecular weight excluding hydrogens is 226 g/mol. The average Bonchev–Trinajstić information content (AvgIpc) is 2.29. The number of hydrogen-bond donors (Lipinski definition) is 0. The number of rotatable bonds is 7. The standard InChI is InChI=1S/C15H31NO2/c1-6-10-15(11-17-4,12-18-5)16-13(2)8-7-9-14(16)3/h13-14H,6-12H2,1-5H3. The third-order valence-electron chi connectivity index (χ3n) is 4.28. The molecule has 2 unspecified atom stereocenters. The normalized spacial score (nSPS) is 26.5. The predicted octanol–water partition coefficient (Wildman–Crippen LogP) is 3.08. The van der Waals surface area contributed by atoms with Crippen LogP contribution in [0.2, 0.25) is 0 Å². The molecule has 0 aliphatic carbocycles. The van der Waals surface area contributed by atoms with Crippen molar-refractivity contribution in [1.82, 2.24) is 4.90 Å². The summed E-state index contributed by atoms with van der Waals surface area (Å²) in [6.45, 7) is 8.49. The van der Waals surface area contributed by atoms with E-state index >= 15 is 0 Å². The molecule has 0 aromatic heterocycles. The molecule has 3 nitrogen and oxygen atoms in total. The number of methoxy groups -OCH3 is 2. The van der Waals surface area contributed by atoms with Crippen LogP contribution in [0.15, 0.2) is 0 Å². The Labute approximate surface area is 113 Å². The fourth-order valence-electron chi connectivity index (χ4n) is 3.82. The Bertz CT molecular complexity index is 206.